The van der Waals surface area contributed by atoms with Crippen molar-refractivity contribution < 1.29 is 12.6 Å². The molecule has 0 saturated carbocycles. The summed E-state index contributed by atoms with van der Waals surface area (Å²) in [6, 6.07) is 0. The van der Waals surface area contributed by atoms with Gasteiger partial charge in [-0.3, -0.25) is 4.18 Å². The molecule has 116 valence electrons. The van der Waals surface area contributed by atoms with Gasteiger partial charge >= 0.3 is 0 Å². The zero-order chi connectivity index (χ0) is 15.8. The van der Waals surface area contributed by atoms with Crippen LogP contribution < -0.4 is 0 Å². The molecule has 0 spiro atoms. The van der Waals surface area contributed by atoms with Crippen LogP contribution in [0.2, 0.25) is 0 Å². The van der Waals surface area contributed by atoms with Gasteiger partial charge in [-0.15, -0.1) is 0 Å². The van der Waals surface area contributed by atoms with Gasteiger partial charge in [-0.05, 0) is 20.6 Å². The lowest BCUT2D eigenvalue weighted by atomic mass is 9.90. The fraction of sp³-hybridized carbons (Fsp3) is 0.733. The van der Waals surface area contributed by atoms with E-state index in [1.807, 2.05) is 0 Å². The molecular weight excluding hydrogens is 292 g/mol. The van der Waals surface area contributed by atoms with E-state index in [2.05, 4.69) is 53.7 Å². The molecule has 20 heavy (non-hydrogen) atoms. The molecule has 0 fully saturated rings. The average Bonchev–Trinajstić information content (AvgIpc) is 2.22. The van der Waals surface area contributed by atoms with E-state index in [-0.39, 0.29) is 23.4 Å². The van der Waals surface area contributed by atoms with Crippen LogP contribution in [-0.4, -0.2) is 21.3 Å². The monoisotopic (exact) mass is 318 g/mol. The van der Waals surface area contributed by atoms with Crippen LogP contribution in [0, 0.1) is 16.7 Å². The normalized spacial score (nSPS) is 18.8. The van der Waals surface area contributed by atoms with Gasteiger partial charge in [0.1, 0.15) is 0 Å². The number of hydrogen-bond acceptors (Lipinski definition) is 4. The number of allylic oxidation sites excluding steroid dienone is 2. The fourth-order valence-electron chi connectivity index (χ4n) is 1.73. The molecule has 0 atom stereocenters. The summed E-state index contributed by atoms with van der Waals surface area (Å²) in [5.74, 6) is 0.00873. The predicted octanol–water partition coefficient (Wildman–Crippen LogP) is 4.19. The molecule has 0 amide bonds. The van der Waals surface area contributed by atoms with Crippen molar-refractivity contribution in [1.29, 1.82) is 0 Å². The molecule has 0 aromatic heterocycles. The third-order valence-corrected chi connectivity index (χ3v) is 5.40. The highest BCUT2D eigenvalue weighted by atomic mass is 32.2. The second-order valence-corrected chi connectivity index (χ2v) is 10.0. The van der Waals surface area contributed by atoms with Crippen molar-refractivity contribution in [3.05, 3.63) is 22.0 Å². The van der Waals surface area contributed by atoms with Crippen LogP contribution in [-0.2, 0) is 14.3 Å². The first-order chi connectivity index (χ1) is 8.79. The lowest BCUT2D eigenvalue weighted by Crippen LogP contribution is -2.20. The summed E-state index contributed by atoms with van der Waals surface area (Å²) in [6.45, 7) is 13.2. The summed E-state index contributed by atoms with van der Waals surface area (Å²) in [4.78, 5) is 2.54. The number of thioether (sulfide) groups is 1. The van der Waals surface area contributed by atoms with Gasteiger partial charge in [-0.2, -0.15) is 8.42 Å². The van der Waals surface area contributed by atoms with E-state index in [0.717, 1.165) is 6.26 Å². The summed E-state index contributed by atoms with van der Waals surface area (Å²) in [7, 11) is -3.39. The first kappa shape index (κ1) is 17.8. The lowest BCUT2D eigenvalue weighted by Gasteiger charge is -2.33. The van der Waals surface area contributed by atoms with E-state index in [9.17, 15) is 8.42 Å². The molecule has 1 aliphatic rings. The fourth-order valence-corrected chi connectivity index (χ4v) is 3.47. The second kappa shape index (κ2) is 5.85. The third-order valence-electron chi connectivity index (χ3n) is 2.90. The summed E-state index contributed by atoms with van der Waals surface area (Å²) in [5.41, 5.74) is 0.109. The Balaban J connectivity index is 3.02. The van der Waals surface area contributed by atoms with Gasteiger partial charge in [0, 0.05) is 5.92 Å². The maximum absolute atomic E-state index is 11.2. The molecule has 0 N–H and O–H groups in total. The molecule has 5 heteroatoms. The van der Waals surface area contributed by atoms with E-state index in [1.165, 1.54) is 9.81 Å². The summed E-state index contributed by atoms with van der Waals surface area (Å²) in [5, 5.41) is 0. The van der Waals surface area contributed by atoms with Crippen LogP contribution in [0.25, 0.3) is 0 Å². The topological polar surface area (TPSA) is 43.4 Å². The van der Waals surface area contributed by atoms with Gasteiger partial charge in [0.2, 0.25) is 0 Å². The zero-order valence-electron chi connectivity index (χ0n) is 13.5. The van der Waals surface area contributed by atoms with E-state index in [4.69, 9.17) is 4.18 Å². The molecule has 0 bridgehead atoms. The van der Waals surface area contributed by atoms with Crippen molar-refractivity contribution in [3.63, 3.8) is 0 Å². The highest BCUT2D eigenvalue weighted by Gasteiger charge is 2.29. The minimum absolute atomic E-state index is 0.00873. The molecular formula is C15H26O3S2. The Labute approximate surface area is 128 Å². The van der Waals surface area contributed by atoms with E-state index >= 15 is 0 Å². The highest BCUT2D eigenvalue weighted by molar-refractivity contribution is 8.06. The molecule has 1 aliphatic heterocycles. The van der Waals surface area contributed by atoms with E-state index < -0.39 is 10.1 Å². The Hall–Kier alpha value is -0.260. The van der Waals surface area contributed by atoms with Gasteiger partial charge in [0.15, 0.2) is 0 Å². The van der Waals surface area contributed by atoms with Crippen molar-refractivity contribution in [1.82, 2.24) is 0 Å². The summed E-state index contributed by atoms with van der Waals surface area (Å²) < 4.78 is 27.3. The van der Waals surface area contributed by atoms with Crippen LogP contribution in [0.15, 0.2) is 22.0 Å². The largest absolute Gasteiger partial charge is 0.269 e. The molecule has 0 aliphatic carbocycles. The summed E-state index contributed by atoms with van der Waals surface area (Å²) in [6.07, 6.45) is 5.35. The van der Waals surface area contributed by atoms with Crippen LogP contribution in [0.3, 0.4) is 0 Å². The van der Waals surface area contributed by atoms with Gasteiger partial charge in [-0.1, -0.05) is 65.5 Å². The van der Waals surface area contributed by atoms with Gasteiger partial charge in [0.25, 0.3) is 10.1 Å². The Bertz CT molecular complexity index is 484. The number of rotatable bonds is 3. The van der Waals surface area contributed by atoms with E-state index in [1.54, 1.807) is 11.8 Å². The van der Waals surface area contributed by atoms with Crippen LogP contribution in [0.4, 0.5) is 0 Å². The second-order valence-electron chi connectivity index (χ2n) is 7.32. The maximum atomic E-state index is 11.2. The lowest BCUT2D eigenvalue weighted by molar-refractivity contribution is 0.300. The standard InChI is InChI=1S/C15H26O3S2/c1-14(2,3)12-8-11(10-18-20(7,16)17)9-13(19-12)15(4,5)6/h8-9,11H,10H2,1-7H3. The molecule has 1 heterocycles. The van der Waals surface area contributed by atoms with Crippen molar-refractivity contribution in [2.24, 2.45) is 16.7 Å². The molecule has 0 aromatic rings. The Kier molecular flexibility index (Phi) is 5.21. The van der Waals surface area contributed by atoms with E-state index in [0.29, 0.717) is 0 Å². The molecule has 0 unspecified atom stereocenters. The third kappa shape index (κ3) is 5.62. The number of hydrogen-bond donors (Lipinski definition) is 0. The Morgan fingerprint density at radius 3 is 1.75 bits per heavy atom. The van der Waals surface area contributed by atoms with Gasteiger partial charge < -0.3 is 0 Å². The first-order valence-corrected chi connectivity index (χ1v) is 9.39. The first-order valence-electron chi connectivity index (χ1n) is 6.76. The van der Waals surface area contributed by atoms with Crippen molar-refractivity contribution >= 4 is 21.9 Å². The predicted molar refractivity (Wildman–Crippen MR) is 87.0 cm³/mol. The highest BCUT2D eigenvalue weighted by Crippen LogP contribution is 2.48. The van der Waals surface area contributed by atoms with Crippen LogP contribution in [0.5, 0.6) is 0 Å². The smallest absolute Gasteiger partial charge is 0.264 e. The molecule has 3 nitrogen and oxygen atoms in total. The van der Waals surface area contributed by atoms with Crippen molar-refractivity contribution in [2.45, 2.75) is 41.5 Å². The Morgan fingerprint density at radius 1 is 1.05 bits per heavy atom. The minimum Gasteiger partial charge on any atom is -0.269 e. The SMILES string of the molecule is CC(C)(C)C1=CC(COS(C)(=O)=O)C=C(C(C)(C)C)S1. The zero-order valence-corrected chi connectivity index (χ0v) is 15.1. The molecule has 1 rings (SSSR count). The Morgan fingerprint density at radius 2 is 1.45 bits per heavy atom. The van der Waals surface area contributed by atoms with Crippen LogP contribution >= 0.6 is 11.8 Å². The van der Waals surface area contributed by atoms with Crippen molar-refractivity contribution in [2.75, 3.05) is 12.9 Å². The van der Waals surface area contributed by atoms with Gasteiger partial charge in [-0.25, -0.2) is 0 Å². The maximum Gasteiger partial charge on any atom is 0.264 e. The molecule has 0 aromatic carbocycles. The van der Waals surface area contributed by atoms with Crippen LogP contribution in [0.1, 0.15) is 41.5 Å². The molecule has 0 saturated heterocycles. The molecule has 0 radical (unpaired) electrons. The average molecular weight is 319 g/mol. The quantitative estimate of drug-likeness (QED) is 0.732. The van der Waals surface area contributed by atoms with Crippen molar-refractivity contribution in [3.8, 4) is 0 Å². The van der Waals surface area contributed by atoms with Gasteiger partial charge in [0.05, 0.1) is 12.9 Å². The summed E-state index contributed by atoms with van der Waals surface area (Å²) >= 11 is 1.80. The minimum atomic E-state index is -3.39.